The van der Waals surface area contributed by atoms with Gasteiger partial charge in [0.25, 0.3) is 5.78 Å². The van der Waals surface area contributed by atoms with Gasteiger partial charge in [-0.25, -0.2) is 4.79 Å². The number of nitrogens with one attached hydrogen (secondary N) is 1. The van der Waals surface area contributed by atoms with Gasteiger partial charge < -0.3 is 4.74 Å². The number of rotatable bonds is 2. The fourth-order valence-electron chi connectivity index (χ4n) is 0.533. The second kappa shape index (κ2) is 4.53. The van der Waals surface area contributed by atoms with Crippen LogP contribution in [0.3, 0.4) is 0 Å². The van der Waals surface area contributed by atoms with E-state index in [9.17, 15) is 9.36 Å². The molecule has 0 rings (SSSR count). The van der Waals surface area contributed by atoms with Crippen LogP contribution in [0.5, 0.6) is 0 Å². The first-order chi connectivity index (χ1) is 5.72. The Morgan fingerprint density at radius 1 is 1.54 bits per heavy atom. The number of alkyl carbamates (subject to hydrolysis) is 1. The zero-order valence-electron chi connectivity index (χ0n) is 8.20. The molecule has 0 radical (unpaired) electrons. The lowest BCUT2D eigenvalue weighted by atomic mass is 10.2. The molecule has 6 heteroatoms. The van der Waals surface area contributed by atoms with Crippen molar-refractivity contribution < 1.29 is 19.0 Å². The van der Waals surface area contributed by atoms with Crippen LogP contribution in [0.2, 0.25) is 0 Å². The molecule has 0 fully saturated rings. The average Bonchev–Trinajstić information content (AvgIpc) is 1.81. The van der Waals surface area contributed by atoms with E-state index < -0.39 is 25.5 Å². The summed E-state index contributed by atoms with van der Waals surface area (Å²) >= 11 is 0. The van der Waals surface area contributed by atoms with Gasteiger partial charge in [-0.2, -0.15) is 4.89 Å². The second-order valence-corrected chi connectivity index (χ2v) is 5.00. The van der Waals surface area contributed by atoms with E-state index >= 15 is 0 Å². The van der Waals surface area contributed by atoms with Crippen molar-refractivity contribution in [2.45, 2.75) is 39.1 Å². The van der Waals surface area contributed by atoms with E-state index in [0.29, 0.717) is 0 Å². The minimum Gasteiger partial charge on any atom is -0.444 e. The Bertz CT molecular complexity index is 211. The molecule has 2 N–H and O–H groups in total. The molecule has 0 aromatic rings. The summed E-state index contributed by atoms with van der Waals surface area (Å²) in [5.74, 6) is -0.787. The van der Waals surface area contributed by atoms with Gasteiger partial charge in [0.05, 0.1) is 0 Å². The maximum Gasteiger partial charge on any atom is 0.530 e. The first-order valence-corrected chi connectivity index (χ1v) is 5.15. The van der Waals surface area contributed by atoms with Crippen LogP contribution in [0, 0.1) is 0 Å². The van der Waals surface area contributed by atoms with E-state index in [2.05, 4.69) is 5.32 Å². The maximum absolute atomic E-state index is 11.0. The van der Waals surface area contributed by atoms with Crippen molar-refractivity contribution in [3.63, 3.8) is 0 Å². The lowest BCUT2D eigenvalue weighted by molar-refractivity contribution is 0.0521. The lowest BCUT2D eigenvalue weighted by Gasteiger charge is -2.19. The number of carbonyl (C=O) groups is 1. The first kappa shape index (κ1) is 12.3. The van der Waals surface area contributed by atoms with Gasteiger partial charge in [0.2, 0.25) is 0 Å². The molecule has 0 saturated carbocycles. The Hall–Kier alpha value is -0.670. The van der Waals surface area contributed by atoms with Crippen molar-refractivity contribution in [2.24, 2.45) is 0 Å². The Morgan fingerprint density at radius 3 is 2.31 bits per heavy atom. The molecule has 1 unspecified atom stereocenters. The minimum absolute atomic E-state index is 0.592. The highest BCUT2D eigenvalue weighted by atomic mass is 31.1. The fourth-order valence-corrected chi connectivity index (χ4v) is 0.749. The van der Waals surface area contributed by atoms with E-state index in [-0.39, 0.29) is 0 Å². The zero-order chi connectivity index (χ0) is 10.6. The summed E-state index contributed by atoms with van der Waals surface area (Å²) in [5.41, 5.74) is -0.592. The third-order valence-electron chi connectivity index (χ3n) is 1.06. The molecule has 5 nitrogen and oxygen atoms in total. The fraction of sp³-hybridized carbons (Fsp3) is 0.857. The van der Waals surface area contributed by atoms with E-state index in [1.807, 2.05) is 0 Å². The van der Waals surface area contributed by atoms with Crippen molar-refractivity contribution in [1.82, 2.24) is 5.32 Å². The van der Waals surface area contributed by atoms with Crippen LogP contribution >= 0.6 is 8.03 Å². The Labute approximate surface area is 78.3 Å². The number of hydrogen-bond acceptors (Lipinski definition) is 3. The van der Waals surface area contributed by atoms with Gasteiger partial charge in [-0.15, -0.1) is 0 Å². The summed E-state index contributed by atoms with van der Waals surface area (Å²) in [6, 6.07) is 0. The molecular weight excluding hydrogens is 193 g/mol. The Balaban J connectivity index is 3.96. The van der Waals surface area contributed by atoms with E-state index in [1.54, 1.807) is 20.8 Å². The van der Waals surface area contributed by atoms with Crippen LogP contribution in [0.4, 0.5) is 4.79 Å². The van der Waals surface area contributed by atoms with Crippen molar-refractivity contribution in [3.05, 3.63) is 0 Å². The Kier molecular flexibility index (Phi) is 4.30. The molecule has 0 heterocycles. The molecular formula is C7H15NO4P+. The van der Waals surface area contributed by atoms with E-state index in [0.717, 1.165) is 0 Å². The maximum atomic E-state index is 11.0. The summed E-state index contributed by atoms with van der Waals surface area (Å²) in [6.07, 6.45) is -0.683. The smallest absolute Gasteiger partial charge is 0.444 e. The quantitative estimate of drug-likeness (QED) is 0.675. The standard InChI is InChI=1S/C7H14NO4P/c1-5(13(10)11)8-6(9)12-7(2,3)4/h5H,1-4H3,(H-,8,9,10,11)/p+1/t5-/m0/s1. The van der Waals surface area contributed by atoms with Crippen LogP contribution in [-0.4, -0.2) is 22.4 Å². The van der Waals surface area contributed by atoms with Crippen molar-refractivity contribution in [3.8, 4) is 0 Å². The van der Waals surface area contributed by atoms with Crippen LogP contribution in [-0.2, 0) is 9.30 Å². The van der Waals surface area contributed by atoms with Gasteiger partial charge in [-0.1, -0.05) is 0 Å². The van der Waals surface area contributed by atoms with Crippen LogP contribution in [0.15, 0.2) is 0 Å². The highest BCUT2D eigenvalue weighted by Gasteiger charge is 2.27. The molecule has 13 heavy (non-hydrogen) atoms. The molecule has 0 aliphatic heterocycles. The van der Waals surface area contributed by atoms with Crippen molar-refractivity contribution in [1.29, 1.82) is 0 Å². The van der Waals surface area contributed by atoms with Gasteiger partial charge >= 0.3 is 14.1 Å². The van der Waals surface area contributed by atoms with Crippen LogP contribution in [0.25, 0.3) is 0 Å². The third kappa shape index (κ3) is 6.49. The summed E-state index contributed by atoms with van der Waals surface area (Å²) in [5, 5.41) is 2.24. The predicted molar refractivity (Wildman–Crippen MR) is 48.7 cm³/mol. The minimum atomic E-state index is -2.40. The topological polar surface area (TPSA) is 75.6 Å². The third-order valence-corrected chi connectivity index (χ3v) is 1.85. The van der Waals surface area contributed by atoms with Gasteiger partial charge in [0.1, 0.15) is 5.60 Å². The Morgan fingerprint density at radius 2 is 2.00 bits per heavy atom. The molecule has 1 amide bonds. The largest absolute Gasteiger partial charge is 0.530 e. The molecule has 0 aromatic heterocycles. The molecule has 0 spiro atoms. The van der Waals surface area contributed by atoms with Gasteiger partial charge in [-0.3, -0.25) is 5.32 Å². The molecule has 0 saturated heterocycles. The summed E-state index contributed by atoms with van der Waals surface area (Å²) in [6.45, 7) is 6.59. The monoisotopic (exact) mass is 208 g/mol. The number of amides is 1. The van der Waals surface area contributed by atoms with Crippen LogP contribution in [0.1, 0.15) is 27.7 Å². The molecule has 0 aliphatic carbocycles. The number of carbonyl (C=O) groups excluding carboxylic acids is 1. The number of ether oxygens (including phenoxy) is 1. The van der Waals surface area contributed by atoms with Crippen molar-refractivity contribution in [2.75, 3.05) is 0 Å². The molecule has 2 atom stereocenters. The molecule has 0 bridgehead atoms. The SMILES string of the molecule is C[C@@H](NC(=O)OC(C)(C)C)[P+](=O)O. The first-order valence-electron chi connectivity index (χ1n) is 3.87. The zero-order valence-corrected chi connectivity index (χ0v) is 9.09. The summed E-state index contributed by atoms with van der Waals surface area (Å²) < 4.78 is 15.3. The normalized spacial score (nSPS) is 14.7. The lowest BCUT2D eigenvalue weighted by Crippen LogP contribution is -2.36. The number of hydrogen-bond donors (Lipinski definition) is 2. The van der Waals surface area contributed by atoms with Gasteiger partial charge in [0, 0.05) is 6.92 Å². The van der Waals surface area contributed by atoms with Gasteiger partial charge in [0.15, 0.2) is 0 Å². The average molecular weight is 208 g/mol. The molecule has 0 aliphatic rings. The second-order valence-electron chi connectivity index (χ2n) is 3.62. The summed E-state index contributed by atoms with van der Waals surface area (Å²) in [4.78, 5) is 19.6. The van der Waals surface area contributed by atoms with Crippen molar-refractivity contribution >= 4 is 14.1 Å². The molecule has 76 valence electrons. The van der Waals surface area contributed by atoms with E-state index in [1.165, 1.54) is 6.92 Å². The van der Waals surface area contributed by atoms with Crippen LogP contribution < -0.4 is 5.32 Å². The highest BCUT2D eigenvalue weighted by molar-refractivity contribution is 7.38. The van der Waals surface area contributed by atoms with E-state index in [4.69, 9.17) is 9.63 Å². The summed E-state index contributed by atoms with van der Waals surface area (Å²) in [7, 11) is -2.40. The highest BCUT2D eigenvalue weighted by Crippen LogP contribution is 2.19. The van der Waals surface area contributed by atoms with Gasteiger partial charge in [-0.05, 0) is 25.3 Å². The molecule has 0 aromatic carbocycles. The predicted octanol–water partition coefficient (Wildman–Crippen LogP) is 1.59.